The third kappa shape index (κ3) is 34.4. The Morgan fingerprint density at radius 3 is 1.40 bits per heavy atom. The SMILES string of the molecule is CCCCCCCC(CCC)OC(=O)CCCCCCCN(CCCCCCCC(=O)OC(CCCCC)CCCCCC)CCCNC(=S)NC.[HH].[HH]. The summed E-state index contributed by atoms with van der Waals surface area (Å²) in [6.45, 7) is 13.1. The van der Waals surface area contributed by atoms with Crippen molar-refractivity contribution in [3.05, 3.63) is 0 Å². The fourth-order valence-corrected chi connectivity index (χ4v) is 7.03. The maximum atomic E-state index is 12.6. The van der Waals surface area contributed by atoms with E-state index in [-0.39, 0.29) is 27.0 Å². The van der Waals surface area contributed by atoms with Crippen LogP contribution < -0.4 is 10.6 Å². The molecule has 0 aliphatic carbocycles. The second kappa shape index (κ2) is 39.3. The minimum Gasteiger partial charge on any atom is -0.462 e. The molecular formula is C44H91N3O4S. The predicted octanol–water partition coefficient (Wildman–Crippen LogP) is 12.5. The molecule has 52 heavy (non-hydrogen) atoms. The molecule has 0 aromatic rings. The Bertz CT molecular complexity index is 827. The summed E-state index contributed by atoms with van der Waals surface area (Å²) >= 11 is 5.24. The molecule has 8 heteroatoms. The summed E-state index contributed by atoms with van der Waals surface area (Å²) in [6, 6.07) is 0. The molecule has 0 bridgehead atoms. The van der Waals surface area contributed by atoms with Crippen LogP contribution in [-0.4, -0.2) is 67.4 Å². The van der Waals surface area contributed by atoms with Crippen molar-refractivity contribution in [2.75, 3.05) is 33.2 Å². The van der Waals surface area contributed by atoms with Crippen LogP contribution in [0.1, 0.15) is 223 Å². The molecule has 7 nitrogen and oxygen atoms in total. The molecule has 0 aromatic carbocycles. The number of unbranched alkanes of at least 4 members (excludes halogenated alkanes) is 17. The molecule has 0 heterocycles. The predicted molar refractivity (Wildman–Crippen MR) is 231 cm³/mol. The summed E-state index contributed by atoms with van der Waals surface area (Å²) in [5, 5.41) is 6.98. The van der Waals surface area contributed by atoms with Gasteiger partial charge in [-0.25, -0.2) is 0 Å². The van der Waals surface area contributed by atoms with Crippen molar-refractivity contribution in [2.45, 2.75) is 233 Å². The first-order valence-electron chi connectivity index (χ1n) is 22.5. The number of nitrogens with zero attached hydrogens (tertiary/aromatic N) is 1. The van der Waals surface area contributed by atoms with E-state index >= 15 is 0 Å². The van der Waals surface area contributed by atoms with Crippen LogP contribution in [0.25, 0.3) is 0 Å². The van der Waals surface area contributed by atoms with Crippen molar-refractivity contribution in [1.82, 2.24) is 15.5 Å². The van der Waals surface area contributed by atoms with Gasteiger partial charge in [0.15, 0.2) is 5.11 Å². The minimum absolute atomic E-state index is 0. The number of nitrogens with one attached hydrogen (secondary N) is 2. The van der Waals surface area contributed by atoms with Crippen LogP contribution in [0.3, 0.4) is 0 Å². The van der Waals surface area contributed by atoms with Gasteiger partial charge in [-0.2, -0.15) is 0 Å². The van der Waals surface area contributed by atoms with Crippen molar-refractivity contribution in [3.63, 3.8) is 0 Å². The quantitative estimate of drug-likeness (QED) is 0.0364. The van der Waals surface area contributed by atoms with E-state index in [0.29, 0.717) is 18.0 Å². The molecule has 0 saturated carbocycles. The number of esters is 2. The monoisotopic (exact) mass is 758 g/mol. The van der Waals surface area contributed by atoms with Crippen LogP contribution in [0, 0.1) is 0 Å². The van der Waals surface area contributed by atoms with Crippen molar-refractivity contribution in [1.29, 1.82) is 0 Å². The highest BCUT2D eigenvalue weighted by Gasteiger charge is 2.15. The topological polar surface area (TPSA) is 79.9 Å². The largest absolute Gasteiger partial charge is 0.462 e. The normalized spacial score (nSPS) is 12.5. The van der Waals surface area contributed by atoms with E-state index in [9.17, 15) is 9.59 Å². The number of ether oxygens (including phenoxy) is 2. The lowest BCUT2D eigenvalue weighted by molar-refractivity contribution is -0.151. The third-order valence-electron chi connectivity index (χ3n) is 10.2. The van der Waals surface area contributed by atoms with Gasteiger partial charge < -0.3 is 25.0 Å². The zero-order valence-corrected chi connectivity index (χ0v) is 36.0. The van der Waals surface area contributed by atoms with Crippen molar-refractivity contribution >= 4 is 29.3 Å². The van der Waals surface area contributed by atoms with E-state index in [1.807, 2.05) is 7.05 Å². The van der Waals surface area contributed by atoms with Crippen LogP contribution in [0.2, 0.25) is 0 Å². The van der Waals surface area contributed by atoms with E-state index in [1.165, 1.54) is 109 Å². The molecule has 0 rings (SSSR count). The fraction of sp³-hybridized carbons (Fsp3) is 0.932. The Morgan fingerprint density at radius 1 is 0.519 bits per heavy atom. The number of rotatable bonds is 39. The number of hydrogen-bond acceptors (Lipinski definition) is 6. The van der Waals surface area contributed by atoms with Gasteiger partial charge in [-0.05, 0) is 109 Å². The molecule has 2 atom stereocenters. The minimum atomic E-state index is 0. The average molecular weight is 758 g/mol. The van der Waals surface area contributed by atoms with Gasteiger partial charge in [0, 0.05) is 29.3 Å². The van der Waals surface area contributed by atoms with Gasteiger partial charge in [0.1, 0.15) is 12.2 Å². The lowest BCUT2D eigenvalue weighted by Crippen LogP contribution is -2.35. The number of hydrogen-bond donors (Lipinski definition) is 2. The fourth-order valence-electron chi connectivity index (χ4n) is 6.93. The molecule has 2 N–H and O–H groups in total. The van der Waals surface area contributed by atoms with Crippen LogP contribution >= 0.6 is 12.2 Å². The Hall–Kier alpha value is -1.41. The number of carbonyl (C=O) groups excluding carboxylic acids is 2. The summed E-state index contributed by atoms with van der Waals surface area (Å²) in [4.78, 5) is 27.7. The van der Waals surface area contributed by atoms with E-state index in [1.54, 1.807) is 0 Å². The summed E-state index contributed by atoms with van der Waals surface area (Å²) in [5.41, 5.74) is 0. The van der Waals surface area contributed by atoms with Gasteiger partial charge in [0.2, 0.25) is 0 Å². The Labute approximate surface area is 331 Å². The van der Waals surface area contributed by atoms with E-state index in [0.717, 1.165) is 96.8 Å². The van der Waals surface area contributed by atoms with Gasteiger partial charge in [-0.15, -0.1) is 0 Å². The third-order valence-corrected chi connectivity index (χ3v) is 10.6. The van der Waals surface area contributed by atoms with E-state index in [4.69, 9.17) is 21.7 Å². The highest BCUT2D eigenvalue weighted by atomic mass is 32.1. The van der Waals surface area contributed by atoms with Gasteiger partial charge in [0.05, 0.1) is 0 Å². The first-order valence-corrected chi connectivity index (χ1v) is 22.9. The molecule has 0 aliphatic heterocycles. The standard InChI is InChI=1S/C44H87N3O4S.2H2/c1-6-10-13-17-24-32-40(30-9-4)50-42(48)34-25-18-15-20-27-37-47(39-29-36-46-44(52)45-5)38-28-21-16-19-26-35-43(49)51-41(31-22-12-8-3)33-23-14-11-7-2;;/h40-41H,6-39H2,1-5H3,(H2,45,46,52);2*1H. The Morgan fingerprint density at radius 2 is 0.904 bits per heavy atom. The van der Waals surface area contributed by atoms with Crippen molar-refractivity contribution < 1.29 is 21.9 Å². The van der Waals surface area contributed by atoms with Gasteiger partial charge >= 0.3 is 11.9 Å². The molecular weight excluding hydrogens is 667 g/mol. The maximum Gasteiger partial charge on any atom is 0.306 e. The summed E-state index contributed by atoms with van der Waals surface area (Å²) in [6.07, 6.45) is 33.6. The summed E-state index contributed by atoms with van der Waals surface area (Å²) in [5.74, 6) is 0.0164. The smallest absolute Gasteiger partial charge is 0.306 e. The maximum absolute atomic E-state index is 12.6. The lowest BCUT2D eigenvalue weighted by atomic mass is 10.0. The molecule has 0 aromatic heterocycles. The van der Waals surface area contributed by atoms with E-state index in [2.05, 4.69) is 43.2 Å². The second-order valence-electron chi connectivity index (χ2n) is 15.3. The zero-order valence-electron chi connectivity index (χ0n) is 35.2. The Balaban J connectivity index is -0.0000130. The first kappa shape index (κ1) is 50.6. The summed E-state index contributed by atoms with van der Waals surface area (Å²) in [7, 11) is 1.86. The summed E-state index contributed by atoms with van der Waals surface area (Å²) < 4.78 is 11.8. The van der Waals surface area contributed by atoms with Crippen LogP contribution in [0.15, 0.2) is 0 Å². The molecule has 0 aliphatic rings. The van der Waals surface area contributed by atoms with Gasteiger partial charge in [0.25, 0.3) is 0 Å². The number of carbonyl (C=O) groups is 2. The molecule has 0 fully saturated rings. The molecule has 0 spiro atoms. The lowest BCUT2D eigenvalue weighted by Gasteiger charge is -2.22. The average Bonchev–Trinajstić information content (AvgIpc) is 3.13. The number of thiocarbonyl (C=S) groups is 1. The Kier molecular flexibility index (Phi) is 38.2. The van der Waals surface area contributed by atoms with Gasteiger partial charge in [-0.1, -0.05) is 130 Å². The van der Waals surface area contributed by atoms with Crippen molar-refractivity contribution in [2.24, 2.45) is 0 Å². The second-order valence-corrected chi connectivity index (χ2v) is 15.7. The van der Waals surface area contributed by atoms with Crippen LogP contribution in [0.5, 0.6) is 0 Å². The highest BCUT2D eigenvalue weighted by molar-refractivity contribution is 7.80. The first-order chi connectivity index (χ1) is 25.4. The highest BCUT2D eigenvalue weighted by Crippen LogP contribution is 2.18. The van der Waals surface area contributed by atoms with E-state index < -0.39 is 0 Å². The molecule has 2 unspecified atom stereocenters. The zero-order chi connectivity index (χ0) is 38.3. The molecule has 0 radical (unpaired) electrons. The molecule has 312 valence electrons. The van der Waals surface area contributed by atoms with Crippen LogP contribution in [-0.2, 0) is 19.1 Å². The molecule has 0 amide bonds. The van der Waals surface area contributed by atoms with Gasteiger partial charge in [-0.3, -0.25) is 9.59 Å². The molecule has 0 saturated heterocycles. The van der Waals surface area contributed by atoms with Crippen LogP contribution in [0.4, 0.5) is 0 Å². The van der Waals surface area contributed by atoms with Crippen molar-refractivity contribution in [3.8, 4) is 0 Å².